The summed E-state index contributed by atoms with van der Waals surface area (Å²) in [5, 5.41) is 10.7. The molecule has 1 unspecified atom stereocenters. The summed E-state index contributed by atoms with van der Waals surface area (Å²) in [6.45, 7) is 6.27. The maximum Gasteiger partial charge on any atom is 0.161 e. The Kier molecular flexibility index (Phi) is 7.34. The summed E-state index contributed by atoms with van der Waals surface area (Å²) in [6, 6.07) is 18.6. The number of nitrogens with zero attached hydrogens (tertiary/aromatic N) is 3. The van der Waals surface area contributed by atoms with Crippen molar-refractivity contribution in [2.45, 2.75) is 56.6 Å². The van der Waals surface area contributed by atoms with Crippen LogP contribution in [0.4, 0.5) is 5.69 Å². The second-order valence-corrected chi connectivity index (χ2v) is 11.2. The number of allylic oxidation sites excluding steroid dienone is 3. The van der Waals surface area contributed by atoms with Crippen LogP contribution in [0.5, 0.6) is 0 Å². The van der Waals surface area contributed by atoms with Crippen molar-refractivity contribution >= 4 is 34.8 Å². The van der Waals surface area contributed by atoms with E-state index in [9.17, 15) is 10.1 Å². The molecule has 3 aromatic rings. The fourth-order valence-corrected chi connectivity index (χ4v) is 6.79. The number of nitriles is 1. The van der Waals surface area contributed by atoms with Crippen LogP contribution in [0.3, 0.4) is 0 Å². The highest BCUT2D eigenvalue weighted by molar-refractivity contribution is 7.98. The third-order valence-electron chi connectivity index (χ3n) is 7.38. The van der Waals surface area contributed by atoms with Gasteiger partial charge in [0, 0.05) is 34.5 Å². The topological polar surface area (TPSA) is 83.0 Å². The highest BCUT2D eigenvalue weighted by Gasteiger charge is 2.41. The molecule has 5 rings (SSSR count). The molecular formula is C31H29ClN4OS. The van der Waals surface area contributed by atoms with Gasteiger partial charge in [-0.1, -0.05) is 47.5 Å². The van der Waals surface area contributed by atoms with Gasteiger partial charge >= 0.3 is 0 Å². The van der Waals surface area contributed by atoms with Crippen LogP contribution in [0.2, 0.25) is 5.15 Å². The average molecular weight is 541 g/mol. The average Bonchev–Trinajstić information content (AvgIpc) is 2.90. The van der Waals surface area contributed by atoms with Gasteiger partial charge in [0.05, 0.1) is 23.2 Å². The number of ketones is 1. The van der Waals surface area contributed by atoms with Crippen molar-refractivity contribution in [1.82, 2.24) is 4.98 Å². The molecule has 0 saturated carbocycles. The molecule has 0 spiro atoms. The van der Waals surface area contributed by atoms with E-state index in [1.54, 1.807) is 28.9 Å². The van der Waals surface area contributed by atoms with E-state index in [0.29, 0.717) is 35.5 Å². The lowest BCUT2D eigenvalue weighted by molar-refractivity contribution is -0.116. The van der Waals surface area contributed by atoms with Gasteiger partial charge in [0.1, 0.15) is 5.82 Å². The molecule has 0 fully saturated rings. The lowest BCUT2D eigenvalue weighted by Crippen LogP contribution is -2.39. The Balaban J connectivity index is 1.65. The Morgan fingerprint density at radius 3 is 2.68 bits per heavy atom. The van der Waals surface area contributed by atoms with Gasteiger partial charge in [-0.2, -0.15) is 5.26 Å². The van der Waals surface area contributed by atoms with Crippen LogP contribution in [0.1, 0.15) is 53.0 Å². The van der Waals surface area contributed by atoms with Gasteiger partial charge < -0.3 is 5.73 Å². The first kappa shape index (κ1) is 26.1. The number of aryl methyl sites for hydroxylation is 2. The molecule has 0 amide bonds. The predicted molar refractivity (Wildman–Crippen MR) is 154 cm³/mol. The summed E-state index contributed by atoms with van der Waals surface area (Å²) in [7, 11) is 0. The third-order valence-corrected chi connectivity index (χ3v) is 8.90. The van der Waals surface area contributed by atoms with E-state index in [1.165, 1.54) is 16.0 Å². The molecule has 0 radical (unpaired) electrons. The van der Waals surface area contributed by atoms with E-state index in [0.717, 1.165) is 34.6 Å². The fourth-order valence-electron chi connectivity index (χ4n) is 5.50. The van der Waals surface area contributed by atoms with Gasteiger partial charge in [-0.05, 0) is 74.1 Å². The molecule has 2 heterocycles. The zero-order chi connectivity index (χ0) is 27.0. The van der Waals surface area contributed by atoms with Crippen molar-refractivity contribution in [3.8, 4) is 6.07 Å². The summed E-state index contributed by atoms with van der Waals surface area (Å²) >= 11 is 8.27. The normalized spacial score (nSPS) is 17.5. The summed E-state index contributed by atoms with van der Waals surface area (Å²) in [4.78, 5) is 20.8. The number of anilines is 1. The summed E-state index contributed by atoms with van der Waals surface area (Å²) in [5.74, 6) is 0.628. The number of hydrogen-bond acceptors (Lipinski definition) is 6. The van der Waals surface area contributed by atoms with E-state index < -0.39 is 5.92 Å². The second-order valence-electron chi connectivity index (χ2n) is 9.82. The van der Waals surface area contributed by atoms with Gasteiger partial charge in [-0.15, -0.1) is 11.8 Å². The van der Waals surface area contributed by atoms with Crippen LogP contribution in [0, 0.1) is 32.1 Å². The zero-order valence-corrected chi connectivity index (χ0v) is 23.3. The predicted octanol–water partition coefficient (Wildman–Crippen LogP) is 7.26. The minimum atomic E-state index is -0.517. The first-order chi connectivity index (χ1) is 18.3. The van der Waals surface area contributed by atoms with E-state index in [2.05, 4.69) is 62.2 Å². The molecule has 0 saturated heterocycles. The molecule has 0 bridgehead atoms. The van der Waals surface area contributed by atoms with Crippen LogP contribution in [-0.2, 0) is 10.5 Å². The number of Topliss-reactive ketones (excluding diaryl/α,β-unsaturated/α-hetero) is 1. The van der Waals surface area contributed by atoms with Gasteiger partial charge in [-0.3, -0.25) is 9.69 Å². The highest BCUT2D eigenvalue weighted by atomic mass is 35.5. The molecule has 1 aliphatic carbocycles. The van der Waals surface area contributed by atoms with Crippen LogP contribution in [-0.4, -0.2) is 10.8 Å². The van der Waals surface area contributed by atoms with E-state index in [1.807, 2.05) is 12.1 Å². The standard InChI is InChI=1S/C31H29ClN4OS/c1-18-14-21(17-38-27-12-5-4-8-19(27)2)20(3)22(15-18)28-23(16-33)31(34)36(25-10-7-13-35-30(25)32)24-9-6-11-26(37)29(24)28/h4-5,7-8,10,12-15,28H,6,9,11,17,34H2,1-3H3. The third kappa shape index (κ3) is 4.62. The number of benzene rings is 2. The smallest absolute Gasteiger partial charge is 0.161 e. The Bertz CT molecular complexity index is 1550. The number of pyridine rings is 1. The summed E-state index contributed by atoms with van der Waals surface area (Å²) in [6.07, 6.45) is 3.45. The first-order valence-corrected chi connectivity index (χ1v) is 14.0. The lowest BCUT2D eigenvalue weighted by Gasteiger charge is -2.40. The number of carbonyl (C=O) groups is 1. The van der Waals surface area contributed by atoms with E-state index in [-0.39, 0.29) is 10.9 Å². The maximum atomic E-state index is 13.6. The molecule has 1 aromatic heterocycles. The first-order valence-electron chi connectivity index (χ1n) is 12.7. The Labute approximate surface area is 233 Å². The van der Waals surface area contributed by atoms with Crippen molar-refractivity contribution in [1.29, 1.82) is 5.26 Å². The quantitative estimate of drug-likeness (QED) is 0.271. The van der Waals surface area contributed by atoms with E-state index in [4.69, 9.17) is 17.3 Å². The maximum absolute atomic E-state index is 13.6. The van der Waals surface area contributed by atoms with Crippen molar-refractivity contribution in [3.05, 3.63) is 110 Å². The summed E-state index contributed by atoms with van der Waals surface area (Å²) in [5.41, 5.74) is 14.7. The number of halogens is 1. The number of rotatable bonds is 5. The molecule has 192 valence electrons. The Hall–Kier alpha value is -3.53. The minimum Gasteiger partial charge on any atom is -0.384 e. The SMILES string of the molecule is Cc1cc(CSc2ccccc2C)c(C)c(C2C(C#N)=C(N)N(c3cccnc3Cl)C3=C2C(=O)CCC3)c1. The van der Waals surface area contributed by atoms with Crippen molar-refractivity contribution in [2.75, 3.05) is 4.90 Å². The van der Waals surface area contributed by atoms with Crippen LogP contribution in [0.15, 0.2) is 82.3 Å². The van der Waals surface area contributed by atoms with Crippen molar-refractivity contribution < 1.29 is 4.79 Å². The number of carbonyl (C=O) groups excluding carboxylic acids is 1. The number of aromatic nitrogens is 1. The molecule has 2 aromatic carbocycles. The molecule has 1 atom stereocenters. The number of nitrogens with two attached hydrogens (primary N) is 1. The van der Waals surface area contributed by atoms with Gasteiger partial charge in [-0.25, -0.2) is 4.98 Å². The molecule has 2 aliphatic rings. The van der Waals surface area contributed by atoms with Crippen molar-refractivity contribution in [2.24, 2.45) is 5.73 Å². The van der Waals surface area contributed by atoms with Gasteiger partial charge in [0.15, 0.2) is 10.9 Å². The molecular weight excluding hydrogens is 512 g/mol. The minimum absolute atomic E-state index is 0.0539. The monoisotopic (exact) mass is 540 g/mol. The van der Waals surface area contributed by atoms with Crippen molar-refractivity contribution in [3.63, 3.8) is 0 Å². The zero-order valence-electron chi connectivity index (χ0n) is 21.7. The molecule has 7 heteroatoms. The number of thioether (sulfide) groups is 1. The Morgan fingerprint density at radius 1 is 1.16 bits per heavy atom. The molecule has 38 heavy (non-hydrogen) atoms. The van der Waals surface area contributed by atoms with Crippen LogP contribution in [0.25, 0.3) is 0 Å². The number of hydrogen-bond donors (Lipinski definition) is 1. The molecule has 5 nitrogen and oxygen atoms in total. The van der Waals surface area contributed by atoms with Crippen LogP contribution < -0.4 is 10.6 Å². The lowest BCUT2D eigenvalue weighted by atomic mass is 9.73. The Morgan fingerprint density at radius 2 is 1.95 bits per heavy atom. The van der Waals surface area contributed by atoms with Gasteiger partial charge in [0.25, 0.3) is 0 Å². The largest absolute Gasteiger partial charge is 0.384 e. The summed E-state index contributed by atoms with van der Waals surface area (Å²) < 4.78 is 0. The molecule has 2 N–H and O–H groups in total. The fraction of sp³-hybridized carbons (Fsp3) is 0.258. The second kappa shape index (κ2) is 10.7. The highest BCUT2D eigenvalue weighted by Crippen LogP contribution is 2.48. The van der Waals surface area contributed by atoms with Crippen LogP contribution >= 0.6 is 23.4 Å². The van der Waals surface area contributed by atoms with Gasteiger partial charge in [0.2, 0.25) is 0 Å². The van der Waals surface area contributed by atoms with E-state index >= 15 is 0 Å². The molecule has 1 aliphatic heterocycles.